The molecule has 0 bridgehead atoms. The van der Waals surface area contributed by atoms with Gasteiger partial charge in [-0.25, -0.2) is 4.79 Å². The smallest absolute Gasteiger partial charge is 0.407 e. The van der Waals surface area contributed by atoms with Crippen molar-refractivity contribution in [3.8, 4) is 11.5 Å². The highest BCUT2D eigenvalue weighted by molar-refractivity contribution is 6.01. The summed E-state index contributed by atoms with van der Waals surface area (Å²) in [7, 11) is 0. The van der Waals surface area contributed by atoms with Crippen molar-refractivity contribution in [3.63, 3.8) is 0 Å². The summed E-state index contributed by atoms with van der Waals surface area (Å²) in [5.74, 6) is 0.622. The molecule has 4 aliphatic carbocycles. The van der Waals surface area contributed by atoms with Gasteiger partial charge in [0.1, 0.15) is 24.7 Å². The maximum absolute atomic E-state index is 14.5. The van der Waals surface area contributed by atoms with Crippen LogP contribution in [0.25, 0.3) is 0 Å². The quantitative estimate of drug-likeness (QED) is 0.128. The average molecular weight is 764 g/mol. The summed E-state index contributed by atoms with van der Waals surface area (Å²) in [5, 5.41) is 18.9. The van der Waals surface area contributed by atoms with E-state index in [1.165, 1.54) is 23.6 Å². The number of benzene rings is 3. The monoisotopic (exact) mass is 763 g/mol. The Morgan fingerprint density at radius 1 is 0.750 bits per heavy atom. The Labute approximate surface area is 330 Å². The van der Waals surface area contributed by atoms with Gasteiger partial charge < -0.3 is 25.2 Å². The van der Waals surface area contributed by atoms with Gasteiger partial charge in [-0.05, 0) is 138 Å². The molecule has 10 nitrogen and oxygen atoms in total. The van der Waals surface area contributed by atoms with E-state index in [2.05, 4.69) is 55.8 Å². The van der Waals surface area contributed by atoms with Crippen LogP contribution < -0.4 is 20.7 Å². The molecule has 6 atom stereocenters. The zero-order chi connectivity index (χ0) is 39.9. The molecule has 0 radical (unpaired) electrons. The van der Waals surface area contributed by atoms with E-state index < -0.39 is 16.9 Å². The molecule has 4 amide bonds. The van der Waals surface area contributed by atoms with Crippen molar-refractivity contribution in [1.29, 1.82) is 0 Å². The number of ether oxygens (including phenoxy) is 2. The van der Waals surface area contributed by atoms with Gasteiger partial charge in [-0.1, -0.05) is 64.8 Å². The Bertz CT molecular complexity index is 2010. The third-order valence-corrected chi connectivity index (χ3v) is 14.2. The largest absolute Gasteiger partial charge is 0.508 e. The number of carbonyl (C=O) groups excluding carboxylic acids is 4. The van der Waals surface area contributed by atoms with Crippen molar-refractivity contribution in [2.24, 2.45) is 22.7 Å². The summed E-state index contributed by atoms with van der Waals surface area (Å²) in [6.07, 6.45) is 8.03. The second kappa shape index (κ2) is 15.2. The van der Waals surface area contributed by atoms with Crippen LogP contribution >= 0.6 is 0 Å². The highest BCUT2D eigenvalue weighted by Crippen LogP contribution is 2.60. The number of phenolic OH excluding ortho intramolecular Hbond substituents is 1. The zero-order valence-electron chi connectivity index (χ0n) is 33.5. The lowest BCUT2D eigenvalue weighted by Gasteiger charge is -2.56. The second-order valence-electron chi connectivity index (χ2n) is 17.7. The fourth-order valence-corrected chi connectivity index (χ4v) is 11.3. The SMILES string of the molecule is CC(=O)Nc1ccc(COC(=O)NCCOc2ccc3c(c2)[C@@]2(C)CCC[C@](C)(C(=O)NC(=O)[C@@]4(C)CCC[C@]5(C)c6cc(O)ccc6CC[C@@H]45)[C@@H]2CC3)cc1. The first-order chi connectivity index (χ1) is 26.7. The number of nitrogens with one attached hydrogen (secondary N) is 3. The number of amides is 4. The first kappa shape index (κ1) is 39.4. The maximum Gasteiger partial charge on any atom is 0.407 e. The molecule has 4 aliphatic rings. The Hall–Kier alpha value is -4.86. The summed E-state index contributed by atoms with van der Waals surface area (Å²) < 4.78 is 11.5. The first-order valence-electron chi connectivity index (χ1n) is 20.4. The van der Waals surface area contributed by atoms with E-state index in [-0.39, 0.29) is 65.9 Å². The molecule has 56 heavy (non-hydrogen) atoms. The molecular weight excluding hydrogens is 707 g/mol. The Morgan fingerprint density at radius 2 is 1.32 bits per heavy atom. The molecule has 4 N–H and O–H groups in total. The summed E-state index contributed by atoms with van der Waals surface area (Å²) in [4.78, 5) is 52.5. The molecule has 2 fully saturated rings. The molecule has 0 unspecified atom stereocenters. The van der Waals surface area contributed by atoms with Crippen LogP contribution in [-0.2, 0) is 49.4 Å². The van der Waals surface area contributed by atoms with Gasteiger partial charge in [-0.2, -0.15) is 0 Å². The number of anilines is 1. The van der Waals surface area contributed by atoms with Crippen molar-refractivity contribution >= 4 is 29.5 Å². The minimum absolute atomic E-state index is 0.0475. The van der Waals surface area contributed by atoms with Gasteiger partial charge in [0, 0.05) is 12.6 Å². The van der Waals surface area contributed by atoms with Crippen LogP contribution in [0, 0.1) is 22.7 Å². The van der Waals surface area contributed by atoms with E-state index in [4.69, 9.17) is 9.47 Å². The number of phenols is 1. The Morgan fingerprint density at radius 3 is 1.91 bits per heavy atom. The van der Waals surface area contributed by atoms with E-state index in [1.54, 1.807) is 30.3 Å². The number of carbonyl (C=O) groups is 4. The lowest BCUT2D eigenvalue weighted by Crippen LogP contribution is -2.60. The number of alkyl carbamates (subject to hydrolysis) is 1. The van der Waals surface area contributed by atoms with Gasteiger partial charge in [0.05, 0.1) is 17.4 Å². The number of fused-ring (bicyclic) bond motifs is 6. The van der Waals surface area contributed by atoms with Crippen molar-refractivity contribution in [1.82, 2.24) is 10.6 Å². The maximum atomic E-state index is 14.5. The minimum atomic E-state index is -0.714. The van der Waals surface area contributed by atoms with Gasteiger partial charge in [0.2, 0.25) is 17.7 Å². The standard InChI is InChI=1S/C46H57N3O7/c1-29(50)48-33-14-8-30(9-15-33)28-56-42(54)47-24-25-55-35-17-11-32-13-19-39-44(3,37(32)27-35)21-7-23-46(39,5)41(53)49-40(52)45(4)22-6-20-43(2)36-26-34(51)16-10-31(36)12-18-38(43)45/h8-11,14-17,26-27,38-39,51H,6-7,12-13,18-25,28H2,1-5H3,(H,47,54)(H,48,50)(H,49,52,53)/t38-,39-,43-,44-,45+,46+/m1/s1. The minimum Gasteiger partial charge on any atom is -0.508 e. The van der Waals surface area contributed by atoms with E-state index in [9.17, 15) is 24.3 Å². The van der Waals surface area contributed by atoms with Crippen LogP contribution in [0.1, 0.15) is 114 Å². The predicted molar refractivity (Wildman–Crippen MR) is 214 cm³/mol. The van der Waals surface area contributed by atoms with Gasteiger partial charge in [-0.3, -0.25) is 19.7 Å². The molecule has 7 rings (SSSR count). The van der Waals surface area contributed by atoms with Crippen molar-refractivity contribution < 1.29 is 33.8 Å². The van der Waals surface area contributed by atoms with Gasteiger partial charge in [-0.15, -0.1) is 0 Å². The first-order valence-corrected chi connectivity index (χ1v) is 20.4. The zero-order valence-corrected chi connectivity index (χ0v) is 33.5. The van der Waals surface area contributed by atoms with Gasteiger partial charge >= 0.3 is 6.09 Å². The molecule has 0 spiro atoms. The number of imide groups is 1. The van der Waals surface area contributed by atoms with E-state index >= 15 is 0 Å². The molecule has 0 aliphatic heterocycles. The normalized spacial score (nSPS) is 28.9. The predicted octanol–water partition coefficient (Wildman–Crippen LogP) is 8.02. The fraction of sp³-hybridized carbons (Fsp3) is 0.522. The highest BCUT2D eigenvalue weighted by Gasteiger charge is 2.58. The van der Waals surface area contributed by atoms with Crippen molar-refractivity contribution in [2.75, 3.05) is 18.5 Å². The summed E-state index contributed by atoms with van der Waals surface area (Å²) >= 11 is 0. The number of aromatic hydroxyl groups is 1. The molecular formula is C46H57N3O7. The third kappa shape index (κ3) is 7.27. The molecule has 3 aromatic carbocycles. The van der Waals surface area contributed by atoms with Crippen LogP contribution in [0.3, 0.4) is 0 Å². The number of hydrogen-bond acceptors (Lipinski definition) is 7. The van der Waals surface area contributed by atoms with Gasteiger partial charge in [0.15, 0.2) is 0 Å². The molecule has 3 aromatic rings. The van der Waals surface area contributed by atoms with E-state index in [1.807, 2.05) is 18.2 Å². The van der Waals surface area contributed by atoms with E-state index in [0.717, 1.165) is 75.3 Å². The molecule has 10 heteroatoms. The topological polar surface area (TPSA) is 143 Å². The highest BCUT2D eigenvalue weighted by atomic mass is 16.5. The van der Waals surface area contributed by atoms with Gasteiger partial charge in [0.25, 0.3) is 0 Å². The fourth-order valence-electron chi connectivity index (χ4n) is 11.3. The van der Waals surface area contributed by atoms with Crippen LogP contribution in [0.15, 0.2) is 60.7 Å². The summed E-state index contributed by atoms with van der Waals surface area (Å²) in [6.45, 7) is 10.7. The average Bonchev–Trinajstić information content (AvgIpc) is 3.16. The van der Waals surface area contributed by atoms with Crippen molar-refractivity contribution in [3.05, 3.63) is 88.5 Å². The Kier molecular flexibility index (Phi) is 10.7. The lowest BCUT2D eigenvalue weighted by molar-refractivity contribution is -0.150. The second-order valence-corrected chi connectivity index (χ2v) is 17.7. The molecule has 2 saturated carbocycles. The van der Waals surface area contributed by atoms with Crippen LogP contribution in [0.5, 0.6) is 11.5 Å². The summed E-state index contributed by atoms with van der Waals surface area (Å²) in [5.41, 5.74) is 4.41. The molecule has 298 valence electrons. The number of hydrogen-bond donors (Lipinski definition) is 4. The molecule has 0 aromatic heterocycles. The number of rotatable bonds is 9. The van der Waals surface area contributed by atoms with Crippen molar-refractivity contribution in [2.45, 2.75) is 116 Å². The van der Waals surface area contributed by atoms with Crippen LogP contribution in [-0.4, -0.2) is 42.1 Å². The Balaban J connectivity index is 0.975. The number of aryl methyl sites for hydroxylation is 2. The lowest BCUT2D eigenvalue weighted by atomic mass is 9.49. The van der Waals surface area contributed by atoms with Crippen LogP contribution in [0.4, 0.5) is 10.5 Å². The summed E-state index contributed by atoms with van der Waals surface area (Å²) in [6, 6.07) is 19.0. The molecule has 0 saturated heterocycles. The molecule has 0 heterocycles. The third-order valence-electron chi connectivity index (χ3n) is 14.2. The van der Waals surface area contributed by atoms with E-state index in [0.29, 0.717) is 11.4 Å². The van der Waals surface area contributed by atoms with Crippen LogP contribution in [0.2, 0.25) is 0 Å².